The van der Waals surface area contributed by atoms with Gasteiger partial charge in [0.05, 0.1) is 5.70 Å². The first-order chi connectivity index (χ1) is 6.46. The Kier molecular flexibility index (Phi) is 3.06. The van der Waals surface area contributed by atoms with E-state index >= 15 is 0 Å². The predicted molar refractivity (Wildman–Crippen MR) is 55.4 cm³/mol. The third-order valence-corrected chi connectivity index (χ3v) is 2.08. The summed E-state index contributed by atoms with van der Waals surface area (Å²) in [5, 5.41) is 14.1. The summed E-state index contributed by atoms with van der Waals surface area (Å²) in [5.74, 6) is 0. The minimum Gasteiger partial charge on any atom is -0.386 e. The molecule has 0 saturated carbocycles. The topological polar surface area (TPSA) is 50.9 Å². The van der Waals surface area contributed by atoms with Gasteiger partial charge in [0.2, 0.25) is 0 Å². The summed E-state index contributed by atoms with van der Waals surface area (Å²) in [4.78, 5) is 3.86. The highest BCUT2D eigenvalue weighted by Crippen LogP contribution is 2.26. The zero-order chi connectivity index (χ0) is 10.8. The van der Waals surface area contributed by atoms with Gasteiger partial charge in [0, 0.05) is 0 Å². The van der Waals surface area contributed by atoms with E-state index in [1.54, 1.807) is 11.0 Å². The van der Waals surface area contributed by atoms with Crippen molar-refractivity contribution in [2.75, 3.05) is 0 Å². The molecule has 1 aromatic heterocycles. The Morgan fingerprint density at radius 1 is 1.50 bits per heavy atom. The molecule has 1 atom stereocenters. The molecular formula is C10H17N3O. The van der Waals surface area contributed by atoms with E-state index in [4.69, 9.17) is 0 Å². The maximum absolute atomic E-state index is 10.1. The highest BCUT2D eigenvalue weighted by molar-refractivity contribution is 5.48. The number of aliphatic hydroxyl groups is 1. The maximum atomic E-state index is 10.1. The summed E-state index contributed by atoms with van der Waals surface area (Å²) in [6, 6.07) is 0. The lowest BCUT2D eigenvalue weighted by molar-refractivity contribution is 0.108. The van der Waals surface area contributed by atoms with Crippen LogP contribution in [0.2, 0.25) is 0 Å². The molecule has 4 nitrogen and oxygen atoms in total. The Morgan fingerprint density at radius 3 is 2.50 bits per heavy atom. The average Bonchev–Trinajstić information content (AvgIpc) is 2.57. The fraction of sp³-hybridized carbons (Fsp3) is 0.600. The van der Waals surface area contributed by atoms with Crippen molar-refractivity contribution in [1.82, 2.24) is 14.8 Å². The van der Waals surface area contributed by atoms with Crippen LogP contribution in [0.4, 0.5) is 0 Å². The zero-order valence-electron chi connectivity index (χ0n) is 9.10. The second kappa shape index (κ2) is 3.92. The SMILES string of the molecule is C/C=C(/C(O)C(C)(C)C)n1cncn1. The number of nitrogens with zero attached hydrogens (tertiary/aromatic N) is 3. The Balaban J connectivity index is 2.96. The molecule has 1 unspecified atom stereocenters. The smallest absolute Gasteiger partial charge is 0.138 e. The van der Waals surface area contributed by atoms with Crippen LogP contribution in [0.25, 0.3) is 5.70 Å². The summed E-state index contributed by atoms with van der Waals surface area (Å²) in [6.45, 7) is 7.83. The normalized spacial score (nSPS) is 15.6. The highest BCUT2D eigenvalue weighted by atomic mass is 16.3. The van der Waals surface area contributed by atoms with E-state index in [1.807, 2.05) is 33.8 Å². The molecule has 0 amide bonds. The zero-order valence-corrected chi connectivity index (χ0v) is 9.10. The lowest BCUT2D eigenvalue weighted by Gasteiger charge is -2.27. The molecule has 1 heterocycles. The number of hydrogen-bond acceptors (Lipinski definition) is 3. The van der Waals surface area contributed by atoms with Crippen molar-refractivity contribution >= 4 is 5.70 Å². The van der Waals surface area contributed by atoms with Crippen LogP contribution in [-0.4, -0.2) is 26.0 Å². The lowest BCUT2D eigenvalue weighted by atomic mass is 9.87. The third kappa shape index (κ3) is 2.20. The van der Waals surface area contributed by atoms with Crippen LogP contribution < -0.4 is 0 Å². The first-order valence-electron chi connectivity index (χ1n) is 4.66. The van der Waals surface area contributed by atoms with E-state index in [9.17, 15) is 5.11 Å². The summed E-state index contributed by atoms with van der Waals surface area (Å²) in [7, 11) is 0. The van der Waals surface area contributed by atoms with Crippen molar-refractivity contribution in [3.8, 4) is 0 Å². The second-order valence-electron chi connectivity index (χ2n) is 4.32. The van der Waals surface area contributed by atoms with Crippen molar-refractivity contribution in [2.45, 2.75) is 33.8 Å². The molecule has 1 N–H and O–H groups in total. The quantitative estimate of drug-likeness (QED) is 0.778. The van der Waals surface area contributed by atoms with Gasteiger partial charge in [-0.3, -0.25) is 0 Å². The summed E-state index contributed by atoms with van der Waals surface area (Å²) in [5.41, 5.74) is 0.559. The Bertz CT molecular complexity index is 309. The molecule has 0 fully saturated rings. The predicted octanol–water partition coefficient (Wildman–Crippen LogP) is 1.55. The number of rotatable bonds is 2. The van der Waals surface area contributed by atoms with E-state index in [1.165, 1.54) is 6.33 Å². The summed E-state index contributed by atoms with van der Waals surface area (Å²) >= 11 is 0. The van der Waals surface area contributed by atoms with Crippen LogP contribution in [-0.2, 0) is 0 Å². The van der Waals surface area contributed by atoms with Crippen molar-refractivity contribution in [3.05, 3.63) is 18.7 Å². The lowest BCUT2D eigenvalue weighted by Crippen LogP contribution is -2.29. The minimum atomic E-state index is -0.547. The van der Waals surface area contributed by atoms with Crippen LogP contribution in [0.3, 0.4) is 0 Å². The second-order valence-corrected chi connectivity index (χ2v) is 4.32. The molecular weight excluding hydrogens is 178 g/mol. The molecule has 0 aliphatic heterocycles. The standard InChI is InChI=1S/C10H17N3O/c1-5-8(9(14)10(2,3)4)13-7-11-6-12-13/h5-7,9,14H,1-4H3/b8-5-. The Labute approximate surface area is 84.3 Å². The van der Waals surface area contributed by atoms with Crippen LogP contribution in [0, 0.1) is 5.41 Å². The molecule has 4 heteroatoms. The van der Waals surface area contributed by atoms with E-state index in [0.717, 1.165) is 5.70 Å². The van der Waals surface area contributed by atoms with Gasteiger partial charge in [0.15, 0.2) is 0 Å². The third-order valence-electron chi connectivity index (χ3n) is 2.08. The van der Waals surface area contributed by atoms with Crippen molar-refractivity contribution in [3.63, 3.8) is 0 Å². The number of aromatic nitrogens is 3. The van der Waals surface area contributed by atoms with Gasteiger partial charge >= 0.3 is 0 Å². The van der Waals surface area contributed by atoms with Gasteiger partial charge in [-0.15, -0.1) is 0 Å². The molecule has 1 rings (SSSR count). The molecule has 0 bridgehead atoms. The summed E-state index contributed by atoms with van der Waals surface area (Å²) in [6.07, 6.45) is 4.35. The Hall–Kier alpha value is -1.16. The van der Waals surface area contributed by atoms with Crippen molar-refractivity contribution in [2.24, 2.45) is 5.41 Å². The molecule has 0 aliphatic carbocycles. The van der Waals surface area contributed by atoms with Gasteiger partial charge in [-0.25, -0.2) is 9.67 Å². The van der Waals surface area contributed by atoms with Gasteiger partial charge in [-0.1, -0.05) is 26.8 Å². The first-order valence-corrected chi connectivity index (χ1v) is 4.66. The molecule has 0 saturated heterocycles. The van der Waals surface area contributed by atoms with E-state index in [2.05, 4.69) is 10.1 Å². The van der Waals surface area contributed by atoms with Gasteiger partial charge in [0.1, 0.15) is 18.8 Å². The Morgan fingerprint density at radius 2 is 2.14 bits per heavy atom. The molecule has 0 aromatic carbocycles. The number of allylic oxidation sites excluding steroid dienone is 1. The largest absolute Gasteiger partial charge is 0.386 e. The summed E-state index contributed by atoms with van der Waals surface area (Å²) < 4.78 is 1.59. The molecule has 78 valence electrons. The van der Waals surface area contributed by atoms with Crippen LogP contribution >= 0.6 is 0 Å². The maximum Gasteiger partial charge on any atom is 0.138 e. The van der Waals surface area contributed by atoms with Gasteiger partial charge in [-0.05, 0) is 12.3 Å². The van der Waals surface area contributed by atoms with Gasteiger partial charge < -0.3 is 5.11 Å². The highest BCUT2D eigenvalue weighted by Gasteiger charge is 2.26. The van der Waals surface area contributed by atoms with Crippen molar-refractivity contribution in [1.29, 1.82) is 0 Å². The van der Waals surface area contributed by atoms with Crippen LogP contribution in [0.15, 0.2) is 18.7 Å². The van der Waals surface area contributed by atoms with Gasteiger partial charge in [0.25, 0.3) is 0 Å². The van der Waals surface area contributed by atoms with E-state index in [-0.39, 0.29) is 5.41 Å². The number of aliphatic hydroxyl groups excluding tert-OH is 1. The molecule has 1 aromatic rings. The fourth-order valence-corrected chi connectivity index (χ4v) is 1.20. The number of hydrogen-bond donors (Lipinski definition) is 1. The molecule has 14 heavy (non-hydrogen) atoms. The fourth-order valence-electron chi connectivity index (χ4n) is 1.20. The molecule has 0 spiro atoms. The van der Waals surface area contributed by atoms with Crippen LogP contribution in [0.5, 0.6) is 0 Å². The van der Waals surface area contributed by atoms with Crippen LogP contribution in [0.1, 0.15) is 27.7 Å². The van der Waals surface area contributed by atoms with E-state index in [0.29, 0.717) is 0 Å². The van der Waals surface area contributed by atoms with Crippen molar-refractivity contribution < 1.29 is 5.11 Å². The monoisotopic (exact) mass is 195 g/mol. The molecule has 0 aliphatic rings. The molecule has 0 radical (unpaired) electrons. The average molecular weight is 195 g/mol. The van der Waals surface area contributed by atoms with Gasteiger partial charge in [-0.2, -0.15) is 5.10 Å². The van der Waals surface area contributed by atoms with E-state index < -0.39 is 6.10 Å². The minimum absolute atomic E-state index is 0.201. The first kappa shape index (κ1) is 10.9.